The van der Waals surface area contributed by atoms with Crippen LogP contribution in [0.25, 0.3) is 0 Å². The summed E-state index contributed by atoms with van der Waals surface area (Å²) in [6.07, 6.45) is 0.620. The number of nitrogens with zero attached hydrogens (tertiary/aromatic N) is 2. The van der Waals surface area contributed by atoms with Gasteiger partial charge < -0.3 is 15.4 Å². The summed E-state index contributed by atoms with van der Waals surface area (Å²) in [5.41, 5.74) is 7.29. The minimum Gasteiger partial charge on any atom is -0.484 e. The standard InChI is InChI=1S/C19H21F3N4O/c20-19(21,22)12-27-14-4-5-16(23)15(11-14)18(24)13-6-7-25-17(10-13)26-8-2-1-3-9-26/h4-7,10-11,24H,1-3,8-9,12,23H2. The molecule has 1 saturated heterocycles. The lowest BCUT2D eigenvalue weighted by Crippen LogP contribution is -2.30. The lowest BCUT2D eigenvalue weighted by atomic mass is 10.0. The van der Waals surface area contributed by atoms with Gasteiger partial charge in [-0.25, -0.2) is 4.98 Å². The Hall–Kier alpha value is -2.77. The number of nitrogens with two attached hydrogens (primary N) is 1. The summed E-state index contributed by atoms with van der Waals surface area (Å²) in [5, 5.41) is 8.47. The highest BCUT2D eigenvalue weighted by Gasteiger charge is 2.28. The number of pyridine rings is 1. The molecule has 1 aliphatic rings. The number of hydrogen-bond acceptors (Lipinski definition) is 5. The van der Waals surface area contributed by atoms with Crippen LogP contribution >= 0.6 is 0 Å². The average molecular weight is 378 g/mol. The molecule has 27 heavy (non-hydrogen) atoms. The molecule has 0 amide bonds. The normalized spacial score (nSPS) is 14.9. The van der Waals surface area contributed by atoms with Gasteiger partial charge >= 0.3 is 6.18 Å². The van der Waals surface area contributed by atoms with Gasteiger partial charge in [0.05, 0.1) is 5.71 Å². The van der Waals surface area contributed by atoms with Crippen LogP contribution in [-0.4, -0.2) is 36.6 Å². The van der Waals surface area contributed by atoms with Gasteiger partial charge in [-0.2, -0.15) is 13.2 Å². The van der Waals surface area contributed by atoms with Gasteiger partial charge in [0.1, 0.15) is 11.6 Å². The number of piperidine rings is 1. The van der Waals surface area contributed by atoms with Gasteiger partial charge in [0.2, 0.25) is 0 Å². The van der Waals surface area contributed by atoms with E-state index in [1.165, 1.54) is 24.6 Å². The van der Waals surface area contributed by atoms with Gasteiger partial charge in [0.15, 0.2) is 6.61 Å². The molecule has 0 radical (unpaired) electrons. The molecule has 1 fully saturated rings. The molecule has 2 aromatic rings. The van der Waals surface area contributed by atoms with Gasteiger partial charge in [0, 0.05) is 36.1 Å². The molecule has 0 saturated carbocycles. The monoisotopic (exact) mass is 378 g/mol. The molecule has 3 N–H and O–H groups in total. The van der Waals surface area contributed by atoms with E-state index in [0.717, 1.165) is 31.7 Å². The zero-order chi connectivity index (χ0) is 19.4. The van der Waals surface area contributed by atoms with Crippen LogP contribution in [0.4, 0.5) is 24.7 Å². The second-order valence-electron chi connectivity index (χ2n) is 6.48. The molecule has 0 aliphatic carbocycles. The molecule has 3 rings (SSSR count). The van der Waals surface area contributed by atoms with E-state index in [1.807, 2.05) is 6.07 Å². The van der Waals surface area contributed by atoms with Crippen molar-refractivity contribution in [1.29, 1.82) is 5.41 Å². The number of ether oxygens (including phenoxy) is 1. The maximum Gasteiger partial charge on any atom is 0.422 e. The van der Waals surface area contributed by atoms with Gasteiger partial charge in [0.25, 0.3) is 0 Å². The molecule has 144 valence electrons. The molecule has 8 heteroatoms. The van der Waals surface area contributed by atoms with Crippen molar-refractivity contribution >= 4 is 17.2 Å². The maximum atomic E-state index is 12.4. The average Bonchev–Trinajstić information content (AvgIpc) is 2.67. The third-order valence-corrected chi connectivity index (χ3v) is 4.41. The number of alkyl halides is 3. The number of nitrogens with one attached hydrogen (secondary N) is 1. The minimum absolute atomic E-state index is 0.0200. The van der Waals surface area contributed by atoms with E-state index in [4.69, 9.17) is 15.9 Å². The Morgan fingerprint density at radius 3 is 2.59 bits per heavy atom. The third-order valence-electron chi connectivity index (χ3n) is 4.41. The van der Waals surface area contributed by atoms with Crippen molar-refractivity contribution in [2.45, 2.75) is 25.4 Å². The topological polar surface area (TPSA) is 75.2 Å². The highest BCUT2D eigenvalue weighted by atomic mass is 19.4. The number of aromatic nitrogens is 1. The van der Waals surface area contributed by atoms with Crippen molar-refractivity contribution in [1.82, 2.24) is 4.98 Å². The molecule has 2 heterocycles. The number of rotatable bonds is 5. The fourth-order valence-electron chi connectivity index (χ4n) is 3.03. The van der Waals surface area contributed by atoms with Crippen molar-refractivity contribution in [3.05, 3.63) is 47.7 Å². The van der Waals surface area contributed by atoms with Crippen LogP contribution in [0, 0.1) is 5.41 Å². The zero-order valence-corrected chi connectivity index (χ0v) is 14.7. The lowest BCUT2D eigenvalue weighted by Gasteiger charge is -2.28. The maximum absolute atomic E-state index is 12.4. The van der Waals surface area contributed by atoms with Gasteiger partial charge in [-0.1, -0.05) is 0 Å². The number of nitrogen functional groups attached to an aromatic ring is 1. The Labute approximate surface area is 155 Å². The third kappa shape index (κ3) is 4.90. The SMILES string of the molecule is N=C(c1ccnc(N2CCCCC2)c1)c1cc(OCC(F)(F)F)ccc1N. The number of halogens is 3. The predicted octanol–water partition coefficient (Wildman–Crippen LogP) is 4.01. The Balaban J connectivity index is 1.82. The quantitative estimate of drug-likeness (QED) is 0.609. The Kier molecular flexibility index (Phi) is 5.53. The van der Waals surface area contributed by atoms with Gasteiger partial charge in [-0.05, 0) is 49.6 Å². The molecule has 1 aliphatic heterocycles. The predicted molar refractivity (Wildman–Crippen MR) is 98.6 cm³/mol. The number of anilines is 2. The molecule has 1 aromatic carbocycles. The van der Waals surface area contributed by atoms with Crippen LogP contribution in [0.2, 0.25) is 0 Å². The van der Waals surface area contributed by atoms with Crippen LogP contribution in [0.3, 0.4) is 0 Å². The lowest BCUT2D eigenvalue weighted by molar-refractivity contribution is -0.153. The highest BCUT2D eigenvalue weighted by molar-refractivity contribution is 6.14. The minimum atomic E-state index is -4.43. The van der Waals surface area contributed by atoms with E-state index in [9.17, 15) is 13.2 Å². The van der Waals surface area contributed by atoms with Crippen LogP contribution in [0.15, 0.2) is 36.5 Å². The summed E-state index contributed by atoms with van der Waals surface area (Å²) in [6, 6.07) is 7.69. The van der Waals surface area contributed by atoms with Crippen LogP contribution in [0.1, 0.15) is 30.4 Å². The summed E-state index contributed by atoms with van der Waals surface area (Å²) in [6.45, 7) is 0.456. The van der Waals surface area contributed by atoms with E-state index in [-0.39, 0.29) is 11.5 Å². The molecular weight excluding hydrogens is 357 g/mol. The van der Waals surface area contributed by atoms with E-state index in [2.05, 4.69) is 9.88 Å². The van der Waals surface area contributed by atoms with Crippen molar-refractivity contribution in [3.8, 4) is 5.75 Å². The van der Waals surface area contributed by atoms with E-state index in [1.54, 1.807) is 12.3 Å². The molecule has 1 aromatic heterocycles. The summed E-state index contributed by atoms with van der Waals surface area (Å²) in [4.78, 5) is 6.56. The second-order valence-corrected chi connectivity index (χ2v) is 6.48. The van der Waals surface area contributed by atoms with Crippen LogP contribution in [0.5, 0.6) is 5.75 Å². The fourth-order valence-corrected chi connectivity index (χ4v) is 3.03. The first-order valence-electron chi connectivity index (χ1n) is 8.73. The van der Waals surface area contributed by atoms with Crippen LogP contribution < -0.4 is 15.4 Å². The first-order chi connectivity index (χ1) is 12.8. The van der Waals surface area contributed by atoms with Crippen LogP contribution in [-0.2, 0) is 0 Å². The Morgan fingerprint density at radius 1 is 1.15 bits per heavy atom. The van der Waals surface area contributed by atoms with Crippen molar-refractivity contribution in [3.63, 3.8) is 0 Å². The first-order valence-corrected chi connectivity index (χ1v) is 8.73. The molecule has 5 nitrogen and oxygen atoms in total. The van der Waals surface area contributed by atoms with Gasteiger partial charge in [-0.15, -0.1) is 0 Å². The molecule has 0 bridgehead atoms. The van der Waals surface area contributed by atoms with E-state index in [0.29, 0.717) is 16.8 Å². The number of hydrogen-bond donors (Lipinski definition) is 2. The molecule has 0 unspecified atom stereocenters. The Morgan fingerprint density at radius 2 is 1.89 bits per heavy atom. The summed E-state index contributed by atoms with van der Waals surface area (Å²) >= 11 is 0. The summed E-state index contributed by atoms with van der Waals surface area (Å²) in [7, 11) is 0. The second kappa shape index (κ2) is 7.85. The van der Waals surface area contributed by atoms with Crippen molar-refractivity contribution in [2.75, 3.05) is 30.3 Å². The summed E-state index contributed by atoms with van der Waals surface area (Å²) < 4.78 is 41.9. The molecule has 0 atom stereocenters. The van der Waals surface area contributed by atoms with Crippen molar-refractivity contribution in [2.24, 2.45) is 0 Å². The zero-order valence-electron chi connectivity index (χ0n) is 14.7. The highest BCUT2D eigenvalue weighted by Crippen LogP contribution is 2.26. The fraction of sp³-hybridized carbons (Fsp3) is 0.368. The van der Waals surface area contributed by atoms with E-state index >= 15 is 0 Å². The van der Waals surface area contributed by atoms with E-state index < -0.39 is 12.8 Å². The molecule has 0 spiro atoms. The largest absolute Gasteiger partial charge is 0.484 e. The van der Waals surface area contributed by atoms with Crippen molar-refractivity contribution < 1.29 is 17.9 Å². The number of benzene rings is 1. The smallest absolute Gasteiger partial charge is 0.422 e. The Bertz CT molecular complexity index is 817. The summed E-state index contributed by atoms with van der Waals surface area (Å²) in [5.74, 6) is 0.812. The first kappa shape index (κ1) is 19.0. The van der Waals surface area contributed by atoms with Gasteiger partial charge in [-0.3, -0.25) is 5.41 Å². The molecular formula is C19H21F3N4O.